The first-order valence-corrected chi connectivity index (χ1v) is 10.2. The number of amides is 1. The van der Waals surface area contributed by atoms with Gasteiger partial charge in [0.05, 0.1) is 25.6 Å². The highest BCUT2D eigenvalue weighted by Crippen LogP contribution is 2.26. The highest BCUT2D eigenvalue weighted by molar-refractivity contribution is 5.97. The maximum atomic E-state index is 12.4. The van der Waals surface area contributed by atoms with Crippen molar-refractivity contribution < 1.29 is 19.1 Å². The molecule has 1 saturated heterocycles. The Hall–Kier alpha value is -4.20. The van der Waals surface area contributed by atoms with Crippen molar-refractivity contribution in [3.05, 3.63) is 72.4 Å². The number of methoxy groups -OCH3 is 1. The van der Waals surface area contributed by atoms with Crippen molar-refractivity contribution >= 4 is 22.6 Å². The van der Waals surface area contributed by atoms with Gasteiger partial charge in [0, 0.05) is 17.5 Å². The third-order valence-electron chi connectivity index (χ3n) is 5.47. The fraction of sp³-hybridized carbons (Fsp3) is 0.167. The van der Waals surface area contributed by atoms with Gasteiger partial charge < -0.3 is 14.8 Å². The maximum Gasteiger partial charge on any atom is 0.328 e. The van der Waals surface area contributed by atoms with Gasteiger partial charge in [0.15, 0.2) is 0 Å². The molecule has 1 aliphatic rings. The molecule has 0 unspecified atom stereocenters. The maximum absolute atomic E-state index is 12.4. The average Bonchev–Trinajstić information content (AvgIpc) is 3.48. The van der Waals surface area contributed by atoms with Gasteiger partial charge in [-0.05, 0) is 53.2 Å². The SMILES string of the molecule is COc1ccc2cc(-c3cn(-c4ccc(C(=O)N[C@H]5CCOC5=O)cc4)nn3)ccc2c1. The van der Waals surface area contributed by atoms with Crippen LogP contribution >= 0.6 is 0 Å². The molecule has 1 amide bonds. The molecule has 0 aliphatic carbocycles. The van der Waals surface area contributed by atoms with Crippen LogP contribution in [-0.2, 0) is 9.53 Å². The quantitative estimate of drug-likeness (QED) is 0.491. The summed E-state index contributed by atoms with van der Waals surface area (Å²) in [6.07, 6.45) is 2.33. The summed E-state index contributed by atoms with van der Waals surface area (Å²) in [5.41, 5.74) is 2.92. The Bertz CT molecular complexity index is 1310. The molecule has 0 bridgehead atoms. The molecular weight excluding hydrogens is 408 g/mol. The standard InChI is InChI=1S/C24H20N4O4/c1-31-20-9-6-16-12-18(3-2-17(16)13-20)22-14-28(27-26-22)19-7-4-15(5-8-19)23(29)25-21-10-11-32-24(21)30/h2-9,12-14,21H,10-11H2,1H3,(H,25,29)/t21-/m0/s1. The number of aromatic nitrogens is 3. The van der Waals surface area contributed by atoms with E-state index in [9.17, 15) is 9.59 Å². The number of rotatable bonds is 5. The number of hydrogen-bond donors (Lipinski definition) is 1. The second kappa shape index (κ2) is 8.14. The fourth-order valence-electron chi connectivity index (χ4n) is 3.67. The van der Waals surface area contributed by atoms with Crippen molar-refractivity contribution in [2.75, 3.05) is 13.7 Å². The Kier molecular flexibility index (Phi) is 5.03. The molecule has 0 spiro atoms. The van der Waals surface area contributed by atoms with Crippen LogP contribution in [0.2, 0.25) is 0 Å². The van der Waals surface area contributed by atoms with Gasteiger partial charge in [-0.25, -0.2) is 9.48 Å². The minimum Gasteiger partial charge on any atom is -0.497 e. The van der Waals surface area contributed by atoms with Crippen LogP contribution in [0, 0.1) is 0 Å². The summed E-state index contributed by atoms with van der Waals surface area (Å²) in [4.78, 5) is 23.9. The van der Waals surface area contributed by atoms with Gasteiger partial charge in [-0.1, -0.05) is 23.4 Å². The van der Waals surface area contributed by atoms with Crippen LogP contribution in [-0.4, -0.2) is 46.6 Å². The van der Waals surface area contributed by atoms with Gasteiger partial charge in [0.2, 0.25) is 0 Å². The average molecular weight is 428 g/mol. The molecule has 3 aromatic carbocycles. The molecule has 1 fully saturated rings. The van der Waals surface area contributed by atoms with E-state index < -0.39 is 12.0 Å². The largest absolute Gasteiger partial charge is 0.497 e. The smallest absolute Gasteiger partial charge is 0.328 e. The van der Waals surface area contributed by atoms with Crippen LogP contribution in [0.4, 0.5) is 0 Å². The molecule has 4 aromatic rings. The van der Waals surface area contributed by atoms with Crippen molar-refractivity contribution in [1.82, 2.24) is 20.3 Å². The lowest BCUT2D eigenvalue weighted by Crippen LogP contribution is -2.37. The van der Waals surface area contributed by atoms with E-state index in [-0.39, 0.29) is 5.91 Å². The molecule has 160 valence electrons. The number of hydrogen-bond acceptors (Lipinski definition) is 6. The molecule has 1 atom stereocenters. The number of esters is 1. The van der Waals surface area contributed by atoms with E-state index in [0.717, 1.165) is 33.5 Å². The Morgan fingerprint density at radius 1 is 1.09 bits per heavy atom. The zero-order chi connectivity index (χ0) is 22.1. The molecule has 8 nitrogen and oxygen atoms in total. The lowest BCUT2D eigenvalue weighted by Gasteiger charge is -2.09. The Morgan fingerprint density at radius 2 is 1.88 bits per heavy atom. The third-order valence-corrected chi connectivity index (χ3v) is 5.47. The van der Waals surface area contributed by atoms with Crippen molar-refractivity contribution in [3.63, 3.8) is 0 Å². The van der Waals surface area contributed by atoms with Crippen LogP contribution in [0.3, 0.4) is 0 Å². The first kappa shape index (κ1) is 19.7. The van der Waals surface area contributed by atoms with Crippen molar-refractivity contribution in [1.29, 1.82) is 0 Å². The predicted octanol–water partition coefficient (Wildman–Crippen LogP) is 3.14. The minimum atomic E-state index is -0.580. The van der Waals surface area contributed by atoms with Crippen molar-refractivity contribution in [3.8, 4) is 22.7 Å². The molecule has 0 saturated carbocycles. The molecule has 8 heteroatoms. The van der Waals surface area contributed by atoms with Crippen molar-refractivity contribution in [2.24, 2.45) is 0 Å². The summed E-state index contributed by atoms with van der Waals surface area (Å²) in [5.74, 6) is 0.113. The van der Waals surface area contributed by atoms with E-state index in [1.807, 2.05) is 36.5 Å². The number of ether oxygens (including phenoxy) is 2. The topological polar surface area (TPSA) is 95.3 Å². The van der Waals surface area contributed by atoms with Crippen LogP contribution in [0.5, 0.6) is 5.75 Å². The summed E-state index contributed by atoms with van der Waals surface area (Å²) < 4.78 is 11.8. The van der Waals surface area contributed by atoms with E-state index in [0.29, 0.717) is 18.6 Å². The number of cyclic esters (lactones) is 1. The van der Waals surface area contributed by atoms with E-state index in [2.05, 4.69) is 21.7 Å². The molecular formula is C24H20N4O4. The molecule has 1 aliphatic heterocycles. The highest BCUT2D eigenvalue weighted by atomic mass is 16.5. The number of benzene rings is 3. The molecule has 1 N–H and O–H groups in total. The molecule has 1 aromatic heterocycles. The molecule has 5 rings (SSSR count). The van der Waals surface area contributed by atoms with E-state index in [1.54, 1.807) is 36.1 Å². The number of carbonyl (C=O) groups excluding carboxylic acids is 2. The summed E-state index contributed by atoms with van der Waals surface area (Å²) >= 11 is 0. The molecule has 2 heterocycles. The number of nitrogens with one attached hydrogen (secondary N) is 1. The van der Waals surface area contributed by atoms with Gasteiger partial charge in [-0.2, -0.15) is 0 Å². The van der Waals surface area contributed by atoms with Crippen LogP contribution in [0.25, 0.3) is 27.7 Å². The van der Waals surface area contributed by atoms with Crippen molar-refractivity contribution in [2.45, 2.75) is 12.5 Å². The Morgan fingerprint density at radius 3 is 2.62 bits per heavy atom. The van der Waals surface area contributed by atoms with Gasteiger partial charge in [-0.15, -0.1) is 5.10 Å². The number of nitrogens with zero attached hydrogens (tertiary/aromatic N) is 3. The monoisotopic (exact) mass is 428 g/mol. The lowest BCUT2D eigenvalue weighted by atomic mass is 10.1. The predicted molar refractivity (Wildman–Crippen MR) is 118 cm³/mol. The zero-order valence-electron chi connectivity index (χ0n) is 17.3. The third kappa shape index (κ3) is 3.78. The van der Waals surface area contributed by atoms with Gasteiger partial charge >= 0.3 is 5.97 Å². The summed E-state index contributed by atoms with van der Waals surface area (Å²) in [5, 5.41) is 13.4. The van der Waals surface area contributed by atoms with Crippen LogP contribution < -0.4 is 10.1 Å². The first-order valence-electron chi connectivity index (χ1n) is 10.2. The van der Waals surface area contributed by atoms with Crippen LogP contribution in [0.1, 0.15) is 16.8 Å². The second-order valence-electron chi connectivity index (χ2n) is 7.51. The Labute approximate surface area is 183 Å². The highest BCUT2D eigenvalue weighted by Gasteiger charge is 2.28. The van der Waals surface area contributed by atoms with Gasteiger partial charge in [0.1, 0.15) is 17.5 Å². The van der Waals surface area contributed by atoms with Gasteiger partial charge in [0.25, 0.3) is 5.91 Å². The Balaban J connectivity index is 1.33. The van der Waals surface area contributed by atoms with Gasteiger partial charge in [-0.3, -0.25) is 4.79 Å². The first-order chi connectivity index (χ1) is 15.6. The van der Waals surface area contributed by atoms with Crippen LogP contribution in [0.15, 0.2) is 66.9 Å². The van der Waals surface area contributed by atoms with E-state index >= 15 is 0 Å². The fourth-order valence-corrected chi connectivity index (χ4v) is 3.67. The zero-order valence-corrected chi connectivity index (χ0v) is 17.3. The number of fused-ring (bicyclic) bond motifs is 1. The second-order valence-corrected chi connectivity index (χ2v) is 7.51. The summed E-state index contributed by atoms with van der Waals surface area (Å²) in [6, 6.07) is 18.4. The molecule has 32 heavy (non-hydrogen) atoms. The van der Waals surface area contributed by atoms with E-state index in [1.165, 1.54) is 0 Å². The lowest BCUT2D eigenvalue weighted by molar-refractivity contribution is -0.139. The summed E-state index contributed by atoms with van der Waals surface area (Å²) in [6.45, 7) is 0.336. The molecule has 0 radical (unpaired) electrons. The minimum absolute atomic E-state index is 0.313. The normalized spacial score (nSPS) is 15.5. The number of carbonyl (C=O) groups is 2. The van der Waals surface area contributed by atoms with E-state index in [4.69, 9.17) is 9.47 Å². The summed E-state index contributed by atoms with van der Waals surface area (Å²) in [7, 11) is 1.65.